The lowest BCUT2D eigenvalue weighted by molar-refractivity contribution is 1.04. The number of anilines is 1. The maximum absolute atomic E-state index is 3.52. The molecule has 0 aliphatic carbocycles. The first kappa shape index (κ1) is 12.2. The summed E-state index contributed by atoms with van der Waals surface area (Å²) in [7, 11) is 0. The number of thiophene rings is 1. The normalized spacial score (nSPS) is 10.8. The molecule has 0 atom stereocenters. The minimum Gasteiger partial charge on any atom is -0.381 e. The second kappa shape index (κ2) is 5.45. The number of hydrogen-bond donors (Lipinski definition) is 1. The number of benzene rings is 2. The van der Waals surface area contributed by atoms with Crippen LogP contribution in [-0.2, 0) is 13.0 Å². The molecule has 0 fully saturated rings. The predicted octanol–water partition coefficient (Wildman–Crippen LogP) is 5.08. The third kappa shape index (κ3) is 2.64. The zero-order valence-corrected chi connectivity index (χ0v) is 11.8. The molecule has 19 heavy (non-hydrogen) atoms. The topological polar surface area (TPSA) is 12.0 Å². The molecule has 2 aromatic carbocycles. The van der Waals surface area contributed by atoms with Gasteiger partial charge in [-0.2, -0.15) is 0 Å². The molecule has 96 valence electrons. The van der Waals surface area contributed by atoms with E-state index in [0.29, 0.717) is 0 Å². The molecule has 3 aromatic rings. The Bertz CT molecular complexity index is 684. The molecule has 0 aliphatic heterocycles. The number of hydrogen-bond acceptors (Lipinski definition) is 2. The molecule has 1 aromatic heterocycles. The minimum absolute atomic E-state index is 0.889. The van der Waals surface area contributed by atoms with Gasteiger partial charge in [0.05, 0.1) is 0 Å². The van der Waals surface area contributed by atoms with Gasteiger partial charge in [0.25, 0.3) is 0 Å². The van der Waals surface area contributed by atoms with Crippen molar-refractivity contribution < 1.29 is 0 Å². The number of nitrogens with one attached hydrogen (secondary N) is 1. The third-order valence-electron chi connectivity index (χ3n) is 3.43. The molecule has 0 radical (unpaired) electrons. The first-order chi connectivity index (χ1) is 9.36. The van der Waals surface area contributed by atoms with Crippen molar-refractivity contribution in [2.45, 2.75) is 19.9 Å². The van der Waals surface area contributed by atoms with Crippen LogP contribution in [0.3, 0.4) is 0 Å². The van der Waals surface area contributed by atoms with Crippen LogP contribution in [0.15, 0.2) is 53.9 Å². The lowest BCUT2D eigenvalue weighted by atomic mass is 10.1. The molecule has 0 amide bonds. The summed E-state index contributed by atoms with van der Waals surface area (Å²) in [4.78, 5) is 0. The average molecular weight is 267 g/mol. The van der Waals surface area contributed by atoms with Crippen molar-refractivity contribution in [1.29, 1.82) is 0 Å². The molecule has 0 aliphatic rings. The average Bonchev–Trinajstić information content (AvgIpc) is 2.93. The highest BCUT2D eigenvalue weighted by Crippen LogP contribution is 2.24. The largest absolute Gasteiger partial charge is 0.381 e. The number of fused-ring (bicyclic) bond motifs is 1. The summed E-state index contributed by atoms with van der Waals surface area (Å²) in [5, 5.41) is 6.98. The Hall–Kier alpha value is -1.80. The first-order valence-corrected chi connectivity index (χ1v) is 7.52. The van der Waals surface area contributed by atoms with Crippen LogP contribution in [0.2, 0.25) is 0 Å². The van der Waals surface area contributed by atoms with E-state index in [0.717, 1.165) is 13.0 Å². The molecule has 1 nitrogen and oxygen atoms in total. The van der Waals surface area contributed by atoms with E-state index < -0.39 is 0 Å². The van der Waals surface area contributed by atoms with Crippen molar-refractivity contribution in [3.63, 3.8) is 0 Å². The van der Waals surface area contributed by atoms with Gasteiger partial charge in [0.1, 0.15) is 0 Å². The second-order valence-corrected chi connectivity index (χ2v) is 5.60. The molecule has 0 unspecified atom stereocenters. The molecular formula is C17H17NS. The molecule has 1 N–H and O–H groups in total. The van der Waals surface area contributed by atoms with Crippen molar-refractivity contribution in [2.75, 3.05) is 5.32 Å². The lowest BCUT2D eigenvalue weighted by Gasteiger charge is -2.10. The molecule has 2 heteroatoms. The van der Waals surface area contributed by atoms with Crippen LogP contribution in [0.4, 0.5) is 5.69 Å². The van der Waals surface area contributed by atoms with E-state index in [1.807, 2.05) is 0 Å². The fraction of sp³-hybridized carbons (Fsp3) is 0.176. The van der Waals surface area contributed by atoms with Gasteiger partial charge in [0.2, 0.25) is 0 Å². The van der Waals surface area contributed by atoms with Crippen LogP contribution < -0.4 is 5.32 Å². The molecule has 0 bridgehead atoms. The maximum Gasteiger partial charge on any atom is 0.0403 e. The molecule has 1 heterocycles. The highest BCUT2D eigenvalue weighted by molar-refractivity contribution is 7.17. The highest BCUT2D eigenvalue weighted by atomic mass is 32.1. The molecule has 0 saturated heterocycles. The summed E-state index contributed by atoms with van der Waals surface area (Å²) < 4.78 is 1.35. The van der Waals surface area contributed by atoms with Crippen molar-refractivity contribution in [1.82, 2.24) is 0 Å². The first-order valence-electron chi connectivity index (χ1n) is 6.64. The zero-order valence-electron chi connectivity index (χ0n) is 11.0. The van der Waals surface area contributed by atoms with Gasteiger partial charge in [0.15, 0.2) is 0 Å². The quantitative estimate of drug-likeness (QED) is 0.695. The van der Waals surface area contributed by atoms with Gasteiger partial charge in [-0.3, -0.25) is 0 Å². The Labute approximate surface area is 117 Å². The summed E-state index contributed by atoms with van der Waals surface area (Å²) in [5.41, 5.74) is 4.00. The van der Waals surface area contributed by atoms with Gasteiger partial charge in [-0.1, -0.05) is 31.2 Å². The monoisotopic (exact) mass is 267 g/mol. The molecule has 0 spiro atoms. The van der Waals surface area contributed by atoms with E-state index in [-0.39, 0.29) is 0 Å². The summed E-state index contributed by atoms with van der Waals surface area (Å²) in [6.07, 6.45) is 1.08. The maximum atomic E-state index is 3.52. The van der Waals surface area contributed by atoms with Gasteiger partial charge < -0.3 is 5.32 Å². The van der Waals surface area contributed by atoms with E-state index in [2.05, 4.69) is 66.2 Å². The number of aryl methyl sites for hydroxylation is 1. The predicted molar refractivity (Wildman–Crippen MR) is 85.0 cm³/mol. The van der Waals surface area contributed by atoms with E-state index >= 15 is 0 Å². The van der Waals surface area contributed by atoms with Crippen LogP contribution in [0, 0.1) is 0 Å². The fourth-order valence-electron chi connectivity index (χ4n) is 2.35. The van der Waals surface area contributed by atoms with Crippen LogP contribution in [0.5, 0.6) is 0 Å². The standard InChI is InChI=1S/C17H17NS/c1-2-13-5-3-4-6-15(13)12-18-16-7-8-17-14(11-16)9-10-19-17/h3-11,18H,2,12H2,1H3. The van der Waals surface area contributed by atoms with E-state index in [1.54, 1.807) is 11.3 Å². The molecule has 0 saturated carbocycles. The molecular weight excluding hydrogens is 250 g/mol. The Morgan fingerprint density at radius 2 is 1.84 bits per heavy atom. The fourth-order valence-corrected chi connectivity index (χ4v) is 3.12. The van der Waals surface area contributed by atoms with Crippen LogP contribution in [0.1, 0.15) is 18.1 Å². The molecule has 3 rings (SSSR count). The van der Waals surface area contributed by atoms with Crippen molar-refractivity contribution >= 4 is 27.1 Å². The Morgan fingerprint density at radius 3 is 2.68 bits per heavy atom. The second-order valence-electron chi connectivity index (χ2n) is 4.65. The van der Waals surface area contributed by atoms with Crippen LogP contribution in [0.25, 0.3) is 10.1 Å². The summed E-state index contributed by atoms with van der Waals surface area (Å²) in [5.74, 6) is 0. The Kier molecular flexibility index (Phi) is 3.51. The third-order valence-corrected chi connectivity index (χ3v) is 4.33. The van der Waals surface area contributed by atoms with E-state index in [1.165, 1.54) is 26.9 Å². The summed E-state index contributed by atoms with van der Waals surface area (Å²) >= 11 is 1.79. The van der Waals surface area contributed by atoms with Crippen molar-refractivity contribution in [3.05, 3.63) is 65.0 Å². The van der Waals surface area contributed by atoms with Crippen LogP contribution in [-0.4, -0.2) is 0 Å². The van der Waals surface area contributed by atoms with Gasteiger partial charge in [-0.05, 0) is 52.6 Å². The summed E-state index contributed by atoms with van der Waals surface area (Å²) in [6, 6.07) is 17.4. The Balaban J connectivity index is 1.78. The van der Waals surface area contributed by atoms with Gasteiger partial charge >= 0.3 is 0 Å². The van der Waals surface area contributed by atoms with Gasteiger partial charge in [-0.15, -0.1) is 11.3 Å². The van der Waals surface area contributed by atoms with Crippen LogP contribution >= 0.6 is 11.3 Å². The zero-order chi connectivity index (χ0) is 13.1. The van der Waals surface area contributed by atoms with Gasteiger partial charge in [0, 0.05) is 16.9 Å². The smallest absolute Gasteiger partial charge is 0.0403 e. The SMILES string of the molecule is CCc1ccccc1CNc1ccc2sccc2c1. The Morgan fingerprint density at radius 1 is 1.00 bits per heavy atom. The summed E-state index contributed by atoms with van der Waals surface area (Å²) in [6.45, 7) is 3.09. The van der Waals surface area contributed by atoms with Crippen molar-refractivity contribution in [3.8, 4) is 0 Å². The van der Waals surface area contributed by atoms with Crippen molar-refractivity contribution in [2.24, 2.45) is 0 Å². The lowest BCUT2D eigenvalue weighted by Crippen LogP contribution is -2.02. The number of rotatable bonds is 4. The van der Waals surface area contributed by atoms with E-state index in [9.17, 15) is 0 Å². The van der Waals surface area contributed by atoms with E-state index in [4.69, 9.17) is 0 Å². The highest BCUT2D eigenvalue weighted by Gasteiger charge is 2.01. The minimum atomic E-state index is 0.889. The van der Waals surface area contributed by atoms with Gasteiger partial charge in [-0.25, -0.2) is 0 Å².